The van der Waals surface area contributed by atoms with Gasteiger partial charge in [0, 0.05) is 41.6 Å². The third kappa shape index (κ3) is 4.61. The Hall–Kier alpha value is -1.68. The molecule has 10 atom stereocenters. The van der Waals surface area contributed by atoms with Crippen molar-refractivity contribution in [3.63, 3.8) is 0 Å². The van der Waals surface area contributed by atoms with E-state index in [2.05, 4.69) is 30.7 Å². The molecule has 0 saturated carbocycles. The van der Waals surface area contributed by atoms with Crippen molar-refractivity contribution in [1.29, 1.82) is 0 Å². The number of nitrogens with one attached hydrogen (secondary N) is 1. The van der Waals surface area contributed by atoms with Crippen LogP contribution in [0.15, 0.2) is 18.2 Å². The molecule has 5 N–H and O–H groups in total. The first kappa shape index (κ1) is 25.0. The van der Waals surface area contributed by atoms with Gasteiger partial charge in [0.15, 0.2) is 0 Å². The van der Waals surface area contributed by atoms with Gasteiger partial charge in [0.1, 0.15) is 30.2 Å². The maximum atomic E-state index is 10.4. The molecular formula is C27H40N2O6. The van der Waals surface area contributed by atoms with Gasteiger partial charge in [-0.3, -0.25) is 4.90 Å². The fourth-order valence-electron chi connectivity index (χ4n) is 6.40. The molecule has 2 bridgehead atoms. The molecule has 8 nitrogen and oxygen atoms in total. The summed E-state index contributed by atoms with van der Waals surface area (Å²) in [6.07, 6.45) is -1.80. The lowest BCUT2D eigenvalue weighted by Gasteiger charge is -2.42. The minimum Gasteiger partial charge on any atom is -0.462 e. The van der Waals surface area contributed by atoms with Gasteiger partial charge in [0.2, 0.25) is 6.29 Å². The van der Waals surface area contributed by atoms with Crippen molar-refractivity contribution in [1.82, 2.24) is 9.88 Å². The molecule has 0 radical (unpaired) electrons. The number of benzene rings is 1. The predicted octanol–water partition coefficient (Wildman–Crippen LogP) is 2.13. The van der Waals surface area contributed by atoms with Crippen LogP contribution in [0.25, 0.3) is 10.9 Å². The molecule has 1 aromatic carbocycles. The number of H-pyrrole nitrogens is 1. The van der Waals surface area contributed by atoms with Crippen molar-refractivity contribution in [3.05, 3.63) is 29.5 Å². The van der Waals surface area contributed by atoms with E-state index >= 15 is 0 Å². The van der Waals surface area contributed by atoms with Crippen LogP contribution in [-0.4, -0.2) is 86.8 Å². The summed E-state index contributed by atoms with van der Waals surface area (Å²) in [5.41, 5.74) is 3.75. The smallest absolute Gasteiger partial charge is 0.229 e. The fourth-order valence-corrected chi connectivity index (χ4v) is 6.40. The quantitative estimate of drug-likeness (QED) is 0.423. The first-order chi connectivity index (χ1) is 16.8. The summed E-state index contributed by atoms with van der Waals surface area (Å²) >= 11 is 0. The SMILES string of the molecule is CC[C@H](C)C[C@H]1C[C@H]2c3[nH]c4ccc(O[C@H]5O[C@H](CO)[C@@H](O)[C@H](O)[C@@H]5O)cc4c3CC[N@@](C1)C2C. The summed E-state index contributed by atoms with van der Waals surface area (Å²) in [4.78, 5) is 6.39. The Morgan fingerprint density at radius 1 is 1.20 bits per heavy atom. The largest absolute Gasteiger partial charge is 0.462 e. The Kier molecular flexibility index (Phi) is 7.14. The molecule has 4 heterocycles. The van der Waals surface area contributed by atoms with Gasteiger partial charge in [-0.1, -0.05) is 20.3 Å². The molecular weight excluding hydrogens is 448 g/mol. The van der Waals surface area contributed by atoms with Crippen molar-refractivity contribution in [2.24, 2.45) is 11.8 Å². The van der Waals surface area contributed by atoms with E-state index in [1.165, 1.54) is 37.1 Å². The highest BCUT2D eigenvalue weighted by molar-refractivity contribution is 5.86. The Balaban J connectivity index is 1.41. The summed E-state index contributed by atoms with van der Waals surface area (Å²) < 4.78 is 11.5. The van der Waals surface area contributed by atoms with Gasteiger partial charge in [0.25, 0.3) is 0 Å². The number of aromatic nitrogens is 1. The van der Waals surface area contributed by atoms with E-state index in [1.54, 1.807) is 0 Å². The molecule has 2 aromatic rings. The van der Waals surface area contributed by atoms with Crippen LogP contribution in [0.5, 0.6) is 5.75 Å². The second-order valence-electron chi connectivity index (χ2n) is 11.0. The molecule has 3 aliphatic rings. The van der Waals surface area contributed by atoms with E-state index in [0.717, 1.165) is 29.8 Å². The van der Waals surface area contributed by atoms with Crippen LogP contribution < -0.4 is 4.74 Å². The van der Waals surface area contributed by atoms with Crippen LogP contribution in [0.2, 0.25) is 0 Å². The van der Waals surface area contributed by atoms with Gasteiger partial charge in [0.05, 0.1) is 6.61 Å². The Morgan fingerprint density at radius 2 is 2.00 bits per heavy atom. The lowest BCUT2D eigenvalue weighted by atomic mass is 9.78. The maximum absolute atomic E-state index is 10.4. The minimum absolute atomic E-state index is 0.470. The highest BCUT2D eigenvalue weighted by atomic mass is 16.7. The first-order valence-electron chi connectivity index (χ1n) is 13.2. The number of aliphatic hydroxyl groups excluding tert-OH is 4. The second-order valence-corrected chi connectivity index (χ2v) is 11.0. The third-order valence-electron chi connectivity index (χ3n) is 8.70. The monoisotopic (exact) mass is 488 g/mol. The average Bonchev–Trinajstić information content (AvgIpc) is 3.19. The lowest BCUT2D eigenvalue weighted by Crippen LogP contribution is -2.60. The van der Waals surface area contributed by atoms with E-state index in [9.17, 15) is 20.4 Å². The molecule has 35 heavy (non-hydrogen) atoms. The normalized spacial score (nSPS) is 38.1. The van der Waals surface area contributed by atoms with E-state index in [-0.39, 0.29) is 0 Å². The highest BCUT2D eigenvalue weighted by Gasteiger charge is 2.45. The number of rotatable bonds is 6. The van der Waals surface area contributed by atoms with Gasteiger partial charge in [-0.05, 0) is 61.8 Å². The van der Waals surface area contributed by atoms with Crippen LogP contribution in [0.3, 0.4) is 0 Å². The maximum Gasteiger partial charge on any atom is 0.229 e. The average molecular weight is 489 g/mol. The minimum atomic E-state index is -1.46. The lowest BCUT2D eigenvalue weighted by molar-refractivity contribution is -0.277. The van der Waals surface area contributed by atoms with Crippen LogP contribution in [0.1, 0.15) is 57.2 Å². The molecule has 5 rings (SSSR count). The number of nitrogens with zero attached hydrogens (tertiary/aromatic N) is 1. The number of hydrogen-bond acceptors (Lipinski definition) is 7. The van der Waals surface area contributed by atoms with Crippen molar-refractivity contribution in [2.45, 2.75) is 89.1 Å². The second kappa shape index (κ2) is 10.00. The first-order valence-corrected chi connectivity index (χ1v) is 13.2. The number of ether oxygens (including phenoxy) is 2. The van der Waals surface area contributed by atoms with E-state index in [4.69, 9.17) is 9.47 Å². The summed E-state index contributed by atoms with van der Waals surface area (Å²) in [5.74, 6) is 2.45. The molecule has 2 fully saturated rings. The van der Waals surface area contributed by atoms with Crippen LogP contribution in [0, 0.1) is 11.8 Å². The molecule has 8 heteroatoms. The Labute approximate surface area is 206 Å². The van der Waals surface area contributed by atoms with Gasteiger partial charge in [-0.25, -0.2) is 0 Å². The predicted molar refractivity (Wildman–Crippen MR) is 132 cm³/mol. The fraction of sp³-hybridized carbons (Fsp3) is 0.704. The Morgan fingerprint density at radius 3 is 2.74 bits per heavy atom. The molecule has 1 aromatic heterocycles. The summed E-state index contributed by atoms with van der Waals surface area (Å²) in [5, 5.41) is 41.1. The Bertz CT molecular complexity index is 1020. The van der Waals surface area contributed by atoms with Crippen molar-refractivity contribution in [2.75, 3.05) is 19.7 Å². The zero-order chi connectivity index (χ0) is 24.9. The van der Waals surface area contributed by atoms with Gasteiger partial charge in [-0.2, -0.15) is 0 Å². The van der Waals surface area contributed by atoms with Crippen LogP contribution >= 0.6 is 0 Å². The molecule has 0 aliphatic carbocycles. The molecule has 3 aliphatic heterocycles. The molecule has 2 saturated heterocycles. The molecule has 0 amide bonds. The van der Waals surface area contributed by atoms with Crippen molar-refractivity contribution >= 4 is 10.9 Å². The van der Waals surface area contributed by atoms with Crippen LogP contribution in [0.4, 0.5) is 0 Å². The van der Waals surface area contributed by atoms with Gasteiger partial charge in [-0.15, -0.1) is 0 Å². The summed E-state index contributed by atoms with van der Waals surface area (Å²) in [6, 6.07) is 6.29. The van der Waals surface area contributed by atoms with Crippen molar-refractivity contribution in [3.8, 4) is 5.75 Å². The number of piperidine rings is 1. The van der Waals surface area contributed by atoms with E-state index in [1.807, 2.05) is 18.2 Å². The molecule has 194 valence electrons. The standard InChI is InChI=1S/C27H40N2O6/c1-4-14(2)9-16-10-19-15(3)29(12-16)8-7-18-20-11-17(5-6-21(20)28-23(18)19)34-27-26(33)25(32)24(31)22(13-30)35-27/h5-6,11,14-16,19,22,24-28,30-33H,4,7-10,12-13H2,1-3H3/t14-,15?,16-,19+,22+,24+,25-,26-,27-/m0/s1. The highest BCUT2D eigenvalue weighted by Crippen LogP contribution is 2.43. The zero-order valence-corrected chi connectivity index (χ0v) is 20.9. The summed E-state index contributed by atoms with van der Waals surface area (Å²) in [6.45, 7) is 8.73. The summed E-state index contributed by atoms with van der Waals surface area (Å²) in [7, 11) is 0. The van der Waals surface area contributed by atoms with Gasteiger partial charge >= 0.3 is 0 Å². The van der Waals surface area contributed by atoms with E-state index in [0.29, 0.717) is 23.6 Å². The molecule has 0 spiro atoms. The third-order valence-corrected chi connectivity index (χ3v) is 8.70. The molecule has 1 unspecified atom stereocenters. The number of aromatic amines is 1. The number of fused-ring (bicyclic) bond motifs is 6. The van der Waals surface area contributed by atoms with Crippen molar-refractivity contribution < 1.29 is 29.9 Å². The van der Waals surface area contributed by atoms with Crippen LogP contribution in [-0.2, 0) is 11.2 Å². The zero-order valence-electron chi connectivity index (χ0n) is 20.9. The van der Waals surface area contributed by atoms with E-state index < -0.39 is 37.3 Å². The topological polar surface area (TPSA) is 118 Å². The van der Waals surface area contributed by atoms with Gasteiger partial charge < -0.3 is 34.9 Å². The number of aliphatic hydroxyl groups is 4. The number of hydrogen-bond donors (Lipinski definition) is 5.